The minimum atomic E-state index is -0.672. The fourth-order valence-electron chi connectivity index (χ4n) is 2.24. The molecule has 0 aliphatic rings. The third kappa shape index (κ3) is 2.91. The number of hydrogen-bond acceptors (Lipinski definition) is 5. The van der Waals surface area contributed by atoms with Gasteiger partial charge >= 0.3 is 5.69 Å². The SMILES string of the molecule is COCCn1c(=O)n(CC(C)(C)N)c(=O)c2c1ncn2C. The normalized spacial score (nSPS) is 12.2. The van der Waals surface area contributed by atoms with Gasteiger partial charge in [-0.2, -0.15) is 0 Å². The Balaban J connectivity index is 2.76. The van der Waals surface area contributed by atoms with Gasteiger partial charge in [-0.15, -0.1) is 0 Å². The largest absolute Gasteiger partial charge is 0.383 e. The van der Waals surface area contributed by atoms with E-state index in [1.54, 1.807) is 32.6 Å². The number of ether oxygens (including phenoxy) is 1. The molecule has 0 aliphatic carbocycles. The summed E-state index contributed by atoms with van der Waals surface area (Å²) in [6.45, 7) is 4.36. The molecule has 2 rings (SSSR count). The second-order valence-corrected chi connectivity index (χ2v) is 5.83. The average molecular weight is 295 g/mol. The van der Waals surface area contributed by atoms with Crippen LogP contribution in [-0.2, 0) is 24.9 Å². The highest BCUT2D eigenvalue weighted by Gasteiger charge is 2.20. The first kappa shape index (κ1) is 15.5. The molecule has 0 atom stereocenters. The smallest absolute Gasteiger partial charge is 0.332 e. The number of imidazole rings is 1. The number of nitrogens with two attached hydrogens (primary N) is 1. The Morgan fingerprint density at radius 1 is 1.33 bits per heavy atom. The third-order valence-electron chi connectivity index (χ3n) is 3.17. The summed E-state index contributed by atoms with van der Waals surface area (Å²) >= 11 is 0. The highest BCUT2D eigenvalue weighted by molar-refractivity contribution is 5.69. The van der Waals surface area contributed by atoms with Gasteiger partial charge in [0.25, 0.3) is 5.56 Å². The van der Waals surface area contributed by atoms with Crippen LogP contribution in [0.25, 0.3) is 11.2 Å². The fourth-order valence-corrected chi connectivity index (χ4v) is 2.24. The second-order valence-electron chi connectivity index (χ2n) is 5.83. The monoisotopic (exact) mass is 295 g/mol. The molecule has 0 aromatic carbocycles. The molecule has 0 fully saturated rings. The zero-order chi connectivity index (χ0) is 15.8. The van der Waals surface area contributed by atoms with Gasteiger partial charge in [0, 0.05) is 26.2 Å². The zero-order valence-corrected chi connectivity index (χ0v) is 12.8. The average Bonchev–Trinajstić information content (AvgIpc) is 2.75. The molecular formula is C13H21N5O3. The molecule has 8 nitrogen and oxygen atoms in total. The summed E-state index contributed by atoms with van der Waals surface area (Å²) in [6.07, 6.45) is 1.52. The Morgan fingerprint density at radius 3 is 2.57 bits per heavy atom. The molecule has 2 aromatic rings. The van der Waals surface area contributed by atoms with E-state index in [0.29, 0.717) is 24.3 Å². The number of aryl methyl sites for hydroxylation is 1. The second kappa shape index (κ2) is 5.45. The van der Waals surface area contributed by atoms with Crippen LogP contribution in [0.2, 0.25) is 0 Å². The molecule has 8 heteroatoms. The Kier molecular flexibility index (Phi) is 4.02. The van der Waals surface area contributed by atoms with Crippen LogP contribution in [0.1, 0.15) is 13.8 Å². The molecule has 2 N–H and O–H groups in total. The molecule has 2 aromatic heterocycles. The molecule has 0 saturated heterocycles. The first-order valence-electron chi connectivity index (χ1n) is 6.69. The standard InChI is InChI=1S/C13H21N5O3/c1-13(2,14)7-18-11(19)9-10(15-8-16(9)3)17(12(18)20)5-6-21-4/h8H,5-7,14H2,1-4H3. The molecule has 2 heterocycles. The Hall–Kier alpha value is -1.93. The molecule has 0 unspecified atom stereocenters. The van der Waals surface area contributed by atoms with Crippen molar-refractivity contribution >= 4 is 11.2 Å². The van der Waals surface area contributed by atoms with E-state index in [2.05, 4.69) is 4.98 Å². The highest BCUT2D eigenvalue weighted by atomic mass is 16.5. The number of hydrogen-bond donors (Lipinski definition) is 1. The molecule has 0 spiro atoms. The van der Waals surface area contributed by atoms with Crippen molar-refractivity contribution in [1.82, 2.24) is 18.7 Å². The summed E-state index contributed by atoms with van der Waals surface area (Å²) < 4.78 is 9.25. The van der Waals surface area contributed by atoms with Gasteiger partial charge < -0.3 is 15.0 Å². The van der Waals surface area contributed by atoms with Gasteiger partial charge in [-0.05, 0) is 13.8 Å². The highest BCUT2D eigenvalue weighted by Crippen LogP contribution is 2.06. The number of aromatic nitrogens is 4. The van der Waals surface area contributed by atoms with E-state index in [-0.39, 0.29) is 12.1 Å². The van der Waals surface area contributed by atoms with Crippen LogP contribution in [0.4, 0.5) is 0 Å². The van der Waals surface area contributed by atoms with Gasteiger partial charge in [-0.1, -0.05) is 0 Å². The van der Waals surface area contributed by atoms with E-state index in [0.717, 1.165) is 0 Å². The van der Waals surface area contributed by atoms with Crippen molar-refractivity contribution in [3.8, 4) is 0 Å². The number of fused-ring (bicyclic) bond motifs is 1. The maximum Gasteiger partial charge on any atom is 0.332 e. The van der Waals surface area contributed by atoms with Crippen LogP contribution >= 0.6 is 0 Å². The van der Waals surface area contributed by atoms with Crippen LogP contribution in [0.3, 0.4) is 0 Å². The van der Waals surface area contributed by atoms with Crippen molar-refractivity contribution in [3.05, 3.63) is 27.2 Å². The van der Waals surface area contributed by atoms with Crippen molar-refractivity contribution in [3.63, 3.8) is 0 Å². The lowest BCUT2D eigenvalue weighted by atomic mass is 10.1. The van der Waals surface area contributed by atoms with E-state index >= 15 is 0 Å². The van der Waals surface area contributed by atoms with Crippen molar-refractivity contribution in [2.24, 2.45) is 12.8 Å². The van der Waals surface area contributed by atoms with Crippen LogP contribution < -0.4 is 17.0 Å². The topological polar surface area (TPSA) is 97.1 Å². The summed E-state index contributed by atoms with van der Waals surface area (Å²) in [5.74, 6) is 0. The first-order valence-corrected chi connectivity index (χ1v) is 6.69. The van der Waals surface area contributed by atoms with Gasteiger partial charge in [0.15, 0.2) is 11.2 Å². The lowest BCUT2D eigenvalue weighted by Crippen LogP contribution is -2.48. The summed E-state index contributed by atoms with van der Waals surface area (Å²) in [7, 11) is 3.28. The number of methoxy groups -OCH3 is 1. The van der Waals surface area contributed by atoms with E-state index in [1.165, 1.54) is 15.5 Å². The number of rotatable bonds is 5. The van der Waals surface area contributed by atoms with Gasteiger partial charge in [0.2, 0.25) is 0 Å². The maximum absolute atomic E-state index is 12.6. The minimum absolute atomic E-state index is 0.138. The molecule has 21 heavy (non-hydrogen) atoms. The minimum Gasteiger partial charge on any atom is -0.383 e. The van der Waals surface area contributed by atoms with Gasteiger partial charge in [0.05, 0.1) is 19.5 Å². The molecule has 116 valence electrons. The summed E-state index contributed by atoms with van der Waals surface area (Å²) in [6, 6.07) is 0. The predicted octanol–water partition coefficient (Wildman–Crippen LogP) is -0.720. The van der Waals surface area contributed by atoms with Crippen molar-refractivity contribution < 1.29 is 4.74 Å². The van der Waals surface area contributed by atoms with Crippen LogP contribution in [0.15, 0.2) is 15.9 Å². The van der Waals surface area contributed by atoms with E-state index in [1.807, 2.05) is 0 Å². The van der Waals surface area contributed by atoms with E-state index in [4.69, 9.17) is 10.5 Å². The molecule has 0 bridgehead atoms. The van der Waals surface area contributed by atoms with Gasteiger partial charge in [-0.3, -0.25) is 13.9 Å². The van der Waals surface area contributed by atoms with E-state index < -0.39 is 11.2 Å². The lowest BCUT2D eigenvalue weighted by molar-refractivity contribution is 0.186. The molecule has 0 aliphatic heterocycles. The van der Waals surface area contributed by atoms with E-state index in [9.17, 15) is 9.59 Å². The quantitative estimate of drug-likeness (QED) is 0.785. The summed E-state index contributed by atoms with van der Waals surface area (Å²) in [5.41, 5.74) is 5.25. The first-order chi connectivity index (χ1) is 9.76. The molecule has 0 radical (unpaired) electrons. The fraction of sp³-hybridized carbons (Fsp3) is 0.615. The van der Waals surface area contributed by atoms with Gasteiger partial charge in [-0.25, -0.2) is 9.78 Å². The van der Waals surface area contributed by atoms with Crippen LogP contribution in [-0.4, -0.2) is 37.9 Å². The van der Waals surface area contributed by atoms with Crippen molar-refractivity contribution in [2.45, 2.75) is 32.5 Å². The van der Waals surface area contributed by atoms with Crippen LogP contribution in [0, 0.1) is 0 Å². The van der Waals surface area contributed by atoms with Gasteiger partial charge in [0.1, 0.15) is 0 Å². The Labute approximate surface area is 121 Å². The molecule has 0 saturated carbocycles. The number of nitrogens with zero attached hydrogens (tertiary/aromatic N) is 4. The summed E-state index contributed by atoms with van der Waals surface area (Å²) in [5, 5.41) is 0. The van der Waals surface area contributed by atoms with Crippen LogP contribution in [0.5, 0.6) is 0 Å². The Morgan fingerprint density at radius 2 is 2.00 bits per heavy atom. The summed E-state index contributed by atoms with van der Waals surface area (Å²) in [4.78, 5) is 29.3. The maximum atomic E-state index is 12.6. The molecule has 0 amide bonds. The third-order valence-corrected chi connectivity index (χ3v) is 3.17. The predicted molar refractivity (Wildman–Crippen MR) is 79.4 cm³/mol. The zero-order valence-electron chi connectivity index (χ0n) is 12.8. The Bertz CT molecular complexity index is 763. The lowest BCUT2D eigenvalue weighted by Gasteiger charge is -2.20. The molecular weight excluding hydrogens is 274 g/mol. The van der Waals surface area contributed by atoms with Crippen molar-refractivity contribution in [2.75, 3.05) is 13.7 Å². The van der Waals surface area contributed by atoms with Crippen molar-refractivity contribution in [1.29, 1.82) is 0 Å².